The smallest absolute Gasteiger partial charge is 0.329 e. The topological polar surface area (TPSA) is 78.9 Å². The highest BCUT2D eigenvalue weighted by atomic mass is 16.5. The Balaban J connectivity index is 2.09. The number of carbonyl (C=O) groups is 2. The normalized spacial score (nSPS) is 25.5. The number of hydrogen-bond donors (Lipinski definition) is 2. The first-order valence-electron chi connectivity index (χ1n) is 6.68. The lowest BCUT2D eigenvalue weighted by atomic mass is 9.96. The van der Waals surface area contributed by atoms with E-state index >= 15 is 0 Å². The molecule has 0 spiro atoms. The summed E-state index contributed by atoms with van der Waals surface area (Å²) in [4.78, 5) is 25.5. The number of amides is 2. The van der Waals surface area contributed by atoms with Gasteiger partial charge in [-0.3, -0.25) is 0 Å². The Morgan fingerprint density at radius 2 is 2.05 bits per heavy atom. The van der Waals surface area contributed by atoms with Crippen LogP contribution in [-0.2, 0) is 9.53 Å². The van der Waals surface area contributed by atoms with Crippen LogP contribution in [0.1, 0.15) is 33.6 Å². The summed E-state index contributed by atoms with van der Waals surface area (Å²) in [6, 6.07) is -0.315. The minimum absolute atomic E-state index is 0.0399. The summed E-state index contributed by atoms with van der Waals surface area (Å²) in [7, 11) is 0. The summed E-state index contributed by atoms with van der Waals surface area (Å²) in [6.07, 6.45) is 1.71. The Morgan fingerprint density at radius 1 is 1.42 bits per heavy atom. The molecule has 2 fully saturated rings. The highest BCUT2D eigenvalue weighted by Crippen LogP contribution is 2.40. The first kappa shape index (κ1) is 14.1. The second-order valence-corrected chi connectivity index (χ2v) is 6.23. The Hall–Kier alpha value is -1.30. The average molecular weight is 270 g/mol. The summed E-state index contributed by atoms with van der Waals surface area (Å²) >= 11 is 0. The zero-order chi connectivity index (χ0) is 14.3. The van der Waals surface area contributed by atoms with Crippen LogP contribution < -0.4 is 5.32 Å². The molecule has 1 saturated carbocycles. The lowest BCUT2D eigenvalue weighted by molar-refractivity contribution is -0.144. The third-order valence-corrected chi connectivity index (χ3v) is 4.10. The molecular formula is C13H22N2O4. The summed E-state index contributed by atoms with van der Waals surface area (Å²) in [5.41, 5.74) is -1.57. The Bertz CT molecular complexity index is 392. The van der Waals surface area contributed by atoms with Crippen molar-refractivity contribution < 1.29 is 19.4 Å². The molecule has 0 radical (unpaired) electrons. The molecule has 1 aliphatic carbocycles. The second-order valence-electron chi connectivity index (χ2n) is 6.23. The molecule has 1 heterocycles. The van der Waals surface area contributed by atoms with E-state index in [-0.39, 0.29) is 11.9 Å². The van der Waals surface area contributed by atoms with Crippen LogP contribution >= 0.6 is 0 Å². The third kappa shape index (κ3) is 2.68. The van der Waals surface area contributed by atoms with E-state index in [1.807, 2.05) is 13.8 Å². The van der Waals surface area contributed by atoms with E-state index in [9.17, 15) is 14.7 Å². The Morgan fingerprint density at radius 3 is 2.53 bits per heavy atom. The van der Waals surface area contributed by atoms with Crippen molar-refractivity contribution in [3.05, 3.63) is 0 Å². The molecule has 108 valence electrons. The predicted molar refractivity (Wildman–Crippen MR) is 68.9 cm³/mol. The van der Waals surface area contributed by atoms with Crippen molar-refractivity contribution in [1.29, 1.82) is 0 Å². The van der Waals surface area contributed by atoms with Gasteiger partial charge in [0.1, 0.15) is 5.54 Å². The van der Waals surface area contributed by atoms with Gasteiger partial charge < -0.3 is 20.1 Å². The highest BCUT2D eigenvalue weighted by molar-refractivity contribution is 5.87. The molecule has 0 aromatic carbocycles. The maximum atomic E-state index is 12.4. The molecule has 1 atom stereocenters. The fourth-order valence-corrected chi connectivity index (χ4v) is 2.52. The minimum Gasteiger partial charge on any atom is -0.480 e. The van der Waals surface area contributed by atoms with Crippen molar-refractivity contribution in [2.24, 2.45) is 5.92 Å². The number of aliphatic carboxylic acids is 1. The monoisotopic (exact) mass is 270 g/mol. The fraction of sp³-hybridized carbons (Fsp3) is 0.846. The molecule has 2 amide bonds. The lowest BCUT2D eigenvalue weighted by Crippen LogP contribution is -2.63. The highest BCUT2D eigenvalue weighted by Gasteiger charge is 2.50. The number of carboxylic acids is 1. The van der Waals surface area contributed by atoms with Gasteiger partial charge in [-0.1, -0.05) is 0 Å². The zero-order valence-electron chi connectivity index (χ0n) is 11.7. The van der Waals surface area contributed by atoms with Gasteiger partial charge in [0.15, 0.2) is 0 Å². The van der Waals surface area contributed by atoms with Gasteiger partial charge in [-0.25, -0.2) is 9.59 Å². The minimum atomic E-state index is -1.16. The maximum Gasteiger partial charge on any atom is 0.329 e. The number of nitrogens with zero attached hydrogens (tertiary/aromatic N) is 1. The van der Waals surface area contributed by atoms with Crippen LogP contribution in [0, 0.1) is 5.92 Å². The largest absolute Gasteiger partial charge is 0.480 e. The van der Waals surface area contributed by atoms with E-state index in [0.29, 0.717) is 19.8 Å². The molecule has 1 aliphatic heterocycles. The van der Waals surface area contributed by atoms with Gasteiger partial charge in [0.25, 0.3) is 0 Å². The summed E-state index contributed by atoms with van der Waals surface area (Å²) in [5.74, 6) is -0.924. The van der Waals surface area contributed by atoms with Crippen molar-refractivity contribution >= 4 is 12.0 Å². The molecule has 1 saturated heterocycles. The van der Waals surface area contributed by atoms with Gasteiger partial charge in [-0.2, -0.15) is 0 Å². The van der Waals surface area contributed by atoms with Crippen molar-refractivity contribution in [2.75, 3.05) is 19.8 Å². The Labute approximate surface area is 113 Å². The molecule has 2 rings (SSSR count). The van der Waals surface area contributed by atoms with Gasteiger partial charge >= 0.3 is 12.0 Å². The maximum absolute atomic E-state index is 12.4. The van der Waals surface area contributed by atoms with Crippen LogP contribution in [0.15, 0.2) is 0 Å². The molecule has 1 unspecified atom stereocenters. The molecule has 2 N–H and O–H groups in total. The SMILES string of the molecule is CC(NC(=O)N1CCOCC1(C)C)(C(=O)O)C1CC1. The molecule has 19 heavy (non-hydrogen) atoms. The number of carboxylic acid groups (broad SMARTS) is 1. The van der Waals surface area contributed by atoms with Crippen LogP contribution in [0.2, 0.25) is 0 Å². The van der Waals surface area contributed by atoms with Crippen LogP contribution in [0.4, 0.5) is 4.79 Å². The standard InChI is InChI=1S/C13H22N2O4/c1-12(2)8-19-7-6-15(12)11(18)14-13(3,10(16)17)9-4-5-9/h9H,4-8H2,1-3H3,(H,14,18)(H,16,17). The molecule has 6 nitrogen and oxygen atoms in total. The van der Waals surface area contributed by atoms with Crippen LogP contribution in [0.5, 0.6) is 0 Å². The third-order valence-electron chi connectivity index (χ3n) is 4.10. The number of morpholine rings is 1. The number of rotatable bonds is 3. The number of urea groups is 1. The summed E-state index contributed by atoms with van der Waals surface area (Å²) in [5, 5.41) is 12.1. The van der Waals surface area contributed by atoms with E-state index in [1.165, 1.54) is 0 Å². The molecule has 0 aromatic rings. The van der Waals surface area contributed by atoms with Crippen LogP contribution in [0.25, 0.3) is 0 Å². The van der Waals surface area contributed by atoms with Gasteiger partial charge in [0, 0.05) is 6.54 Å². The fourth-order valence-electron chi connectivity index (χ4n) is 2.52. The van der Waals surface area contributed by atoms with Gasteiger partial charge in [0.2, 0.25) is 0 Å². The van der Waals surface area contributed by atoms with E-state index in [0.717, 1.165) is 12.8 Å². The van der Waals surface area contributed by atoms with Crippen LogP contribution in [0.3, 0.4) is 0 Å². The average Bonchev–Trinajstić information content (AvgIpc) is 3.11. The number of nitrogens with one attached hydrogen (secondary N) is 1. The molecule has 6 heteroatoms. The second kappa shape index (κ2) is 4.67. The molecule has 0 bridgehead atoms. The van der Waals surface area contributed by atoms with Gasteiger partial charge in [0.05, 0.1) is 18.8 Å². The van der Waals surface area contributed by atoms with E-state index in [2.05, 4.69) is 5.32 Å². The Kier molecular flexibility index (Phi) is 3.47. The summed E-state index contributed by atoms with van der Waals surface area (Å²) < 4.78 is 5.36. The van der Waals surface area contributed by atoms with E-state index < -0.39 is 17.0 Å². The number of ether oxygens (including phenoxy) is 1. The molecular weight excluding hydrogens is 248 g/mol. The van der Waals surface area contributed by atoms with Gasteiger partial charge in [-0.15, -0.1) is 0 Å². The van der Waals surface area contributed by atoms with Crippen molar-refractivity contribution in [3.8, 4) is 0 Å². The van der Waals surface area contributed by atoms with E-state index in [4.69, 9.17) is 4.74 Å². The molecule has 0 aromatic heterocycles. The quantitative estimate of drug-likeness (QED) is 0.803. The number of carbonyl (C=O) groups excluding carboxylic acids is 1. The lowest BCUT2D eigenvalue weighted by Gasteiger charge is -2.43. The van der Waals surface area contributed by atoms with Crippen molar-refractivity contribution in [2.45, 2.75) is 44.7 Å². The zero-order valence-corrected chi connectivity index (χ0v) is 11.7. The number of hydrogen-bond acceptors (Lipinski definition) is 3. The van der Waals surface area contributed by atoms with Crippen LogP contribution in [-0.4, -0.2) is 52.8 Å². The predicted octanol–water partition coefficient (Wildman–Crippen LogP) is 1.06. The van der Waals surface area contributed by atoms with Crippen molar-refractivity contribution in [3.63, 3.8) is 0 Å². The molecule has 2 aliphatic rings. The van der Waals surface area contributed by atoms with Gasteiger partial charge in [-0.05, 0) is 39.5 Å². The van der Waals surface area contributed by atoms with E-state index in [1.54, 1.807) is 11.8 Å². The first-order chi connectivity index (χ1) is 8.77. The summed E-state index contributed by atoms with van der Waals surface area (Å²) in [6.45, 7) is 6.87. The van der Waals surface area contributed by atoms with Crippen molar-refractivity contribution in [1.82, 2.24) is 10.2 Å². The first-order valence-corrected chi connectivity index (χ1v) is 6.68.